The van der Waals surface area contributed by atoms with Crippen molar-refractivity contribution in [2.45, 2.75) is 31.8 Å². The van der Waals surface area contributed by atoms with Crippen LogP contribution in [0.3, 0.4) is 0 Å². The molecule has 1 N–H and O–H groups in total. The Morgan fingerprint density at radius 1 is 1.00 bits per heavy atom. The van der Waals surface area contributed by atoms with Crippen molar-refractivity contribution in [2.24, 2.45) is 5.92 Å². The lowest BCUT2D eigenvalue weighted by Gasteiger charge is -2.35. The smallest absolute Gasteiger partial charge is 0.203 e. The maximum atomic E-state index is 6.25. The van der Waals surface area contributed by atoms with Gasteiger partial charge in [-0.2, -0.15) is 0 Å². The zero-order valence-electron chi connectivity index (χ0n) is 15.3. The maximum Gasteiger partial charge on any atom is 0.203 e. The van der Waals surface area contributed by atoms with Crippen molar-refractivity contribution in [1.29, 1.82) is 0 Å². The molecule has 0 radical (unpaired) electrons. The predicted molar refractivity (Wildman–Crippen MR) is 102 cm³/mol. The molecule has 0 unspecified atom stereocenters. The molecule has 0 saturated carbocycles. The molecule has 0 aromatic heterocycles. The van der Waals surface area contributed by atoms with E-state index in [2.05, 4.69) is 10.2 Å². The molecule has 25 heavy (non-hydrogen) atoms. The van der Waals surface area contributed by atoms with Gasteiger partial charge >= 0.3 is 0 Å². The number of para-hydroxylation sites is 1. The summed E-state index contributed by atoms with van der Waals surface area (Å²) in [5.41, 5.74) is 0. The molecule has 142 valence electrons. The van der Waals surface area contributed by atoms with Gasteiger partial charge in [-0.15, -0.1) is 12.4 Å². The summed E-state index contributed by atoms with van der Waals surface area (Å²) in [6.45, 7) is 5.83. The minimum absolute atomic E-state index is 0. The van der Waals surface area contributed by atoms with Crippen LogP contribution in [-0.4, -0.2) is 57.9 Å². The summed E-state index contributed by atoms with van der Waals surface area (Å²) in [6, 6.07) is 5.76. The number of nitrogens with zero attached hydrogens (tertiary/aromatic N) is 1. The molecule has 1 aromatic carbocycles. The number of likely N-dealkylation sites (tertiary alicyclic amines) is 1. The molecular weight excluding hydrogens is 340 g/mol. The number of hydrogen-bond donors (Lipinski definition) is 1. The van der Waals surface area contributed by atoms with E-state index in [4.69, 9.17) is 14.2 Å². The van der Waals surface area contributed by atoms with Crippen molar-refractivity contribution in [3.05, 3.63) is 18.2 Å². The van der Waals surface area contributed by atoms with Gasteiger partial charge in [0.05, 0.1) is 14.2 Å². The molecule has 6 heteroatoms. The first-order chi connectivity index (χ1) is 11.8. The summed E-state index contributed by atoms with van der Waals surface area (Å²) in [5, 5.41) is 3.45. The third-order valence-electron chi connectivity index (χ3n) is 5.18. The van der Waals surface area contributed by atoms with E-state index < -0.39 is 0 Å². The molecule has 1 aromatic rings. The van der Waals surface area contributed by atoms with E-state index in [9.17, 15) is 0 Å². The summed E-state index contributed by atoms with van der Waals surface area (Å²) in [5.74, 6) is 3.08. The molecule has 2 saturated heterocycles. The van der Waals surface area contributed by atoms with E-state index in [1.807, 2.05) is 18.2 Å². The highest BCUT2D eigenvalue weighted by Crippen LogP contribution is 2.38. The van der Waals surface area contributed by atoms with Gasteiger partial charge in [0.25, 0.3) is 0 Å². The Morgan fingerprint density at radius 2 is 1.60 bits per heavy atom. The van der Waals surface area contributed by atoms with Crippen LogP contribution in [0.25, 0.3) is 0 Å². The van der Waals surface area contributed by atoms with E-state index in [0.29, 0.717) is 0 Å². The van der Waals surface area contributed by atoms with Crippen molar-refractivity contribution >= 4 is 12.4 Å². The van der Waals surface area contributed by atoms with Gasteiger partial charge in [-0.1, -0.05) is 6.07 Å². The summed E-state index contributed by atoms with van der Waals surface area (Å²) in [7, 11) is 3.34. The second-order valence-electron chi connectivity index (χ2n) is 6.80. The predicted octanol–water partition coefficient (Wildman–Crippen LogP) is 2.97. The zero-order valence-corrected chi connectivity index (χ0v) is 16.1. The van der Waals surface area contributed by atoms with Crippen LogP contribution in [0, 0.1) is 5.92 Å². The fourth-order valence-corrected chi connectivity index (χ4v) is 3.74. The van der Waals surface area contributed by atoms with Crippen LogP contribution >= 0.6 is 12.4 Å². The molecule has 3 rings (SSSR count). The molecule has 0 bridgehead atoms. The third-order valence-corrected chi connectivity index (χ3v) is 5.18. The summed E-state index contributed by atoms with van der Waals surface area (Å²) in [6.07, 6.45) is 4.99. The number of hydrogen-bond acceptors (Lipinski definition) is 5. The Kier molecular flexibility index (Phi) is 8.13. The van der Waals surface area contributed by atoms with Crippen LogP contribution in [0.1, 0.15) is 25.7 Å². The minimum Gasteiger partial charge on any atom is -0.493 e. The second-order valence-corrected chi connectivity index (χ2v) is 6.80. The Bertz CT molecular complexity index is 493. The fraction of sp³-hybridized carbons (Fsp3) is 0.684. The number of piperidine rings is 2. The van der Waals surface area contributed by atoms with E-state index in [-0.39, 0.29) is 18.5 Å². The van der Waals surface area contributed by atoms with Gasteiger partial charge in [-0.05, 0) is 56.8 Å². The van der Waals surface area contributed by atoms with Crippen molar-refractivity contribution in [3.63, 3.8) is 0 Å². The topological polar surface area (TPSA) is 43.0 Å². The van der Waals surface area contributed by atoms with E-state index >= 15 is 0 Å². The van der Waals surface area contributed by atoms with Crippen molar-refractivity contribution in [3.8, 4) is 17.2 Å². The van der Waals surface area contributed by atoms with Gasteiger partial charge in [-0.3, -0.25) is 0 Å². The molecule has 2 aliphatic heterocycles. The Hall–Kier alpha value is -1.17. The quantitative estimate of drug-likeness (QED) is 0.833. The first-order valence-electron chi connectivity index (χ1n) is 9.11. The molecule has 5 nitrogen and oxygen atoms in total. The summed E-state index contributed by atoms with van der Waals surface area (Å²) < 4.78 is 17.1. The Balaban J connectivity index is 0.00000225. The van der Waals surface area contributed by atoms with E-state index in [1.165, 1.54) is 32.5 Å². The molecule has 2 fully saturated rings. The number of ether oxygens (including phenoxy) is 3. The number of methoxy groups -OCH3 is 2. The van der Waals surface area contributed by atoms with E-state index in [0.717, 1.165) is 49.1 Å². The minimum atomic E-state index is 0. The van der Waals surface area contributed by atoms with Gasteiger partial charge in [0.2, 0.25) is 5.75 Å². The van der Waals surface area contributed by atoms with Crippen molar-refractivity contribution in [1.82, 2.24) is 10.2 Å². The second kappa shape index (κ2) is 10.1. The normalized spacial score (nSPS) is 19.9. The van der Waals surface area contributed by atoms with Crippen LogP contribution in [0.4, 0.5) is 0 Å². The molecule has 2 aliphatic rings. The van der Waals surface area contributed by atoms with Crippen LogP contribution < -0.4 is 19.5 Å². The highest BCUT2D eigenvalue weighted by Gasteiger charge is 2.25. The molecule has 0 aliphatic carbocycles. The van der Waals surface area contributed by atoms with Crippen molar-refractivity contribution in [2.75, 3.05) is 46.9 Å². The Labute approximate surface area is 157 Å². The number of benzene rings is 1. The van der Waals surface area contributed by atoms with Gasteiger partial charge in [-0.25, -0.2) is 0 Å². The maximum absolute atomic E-state index is 6.25. The lowest BCUT2D eigenvalue weighted by atomic mass is 9.96. The third kappa shape index (κ3) is 5.40. The average molecular weight is 371 g/mol. The largest absolute Gasteiger partial charge is 0.493 e. The standard InChI is InChI=1S/C19H30N2O3.ClH/c1-22-17-4-3-5-18(23-2)19(17)24-16-8-12-21(13-9-16)14-15-6-10-20-11-7-15;/h3-5,15-16,20H,6-14H2,1-2H3;1H. The highest BCUT2D eigenvalue weighted by molar-refractivity contribution is 5.85. The van der Waals surface area contributed by atoms with E-state index in [1.54, 1.807) is 14.2 Å². The van der Waals surface area contributed by atoms with Crippen LogP contribution in [0.2, 0.25) is 0 Å². The molecular formula is C19H31ClN2O3. The molecule has 2 heterocycles. The fourth-order valence-electron chi connectivity index (χ4n) is 3.74. The zero-order chi connectivity index (χ0) is 16.8. The number of nitrogens with one attached hydrogen (secondary N) is 1. The average Bonchev–Trinajstić information content (AvgIpc) is 2.64. The monoisotopic (exact) mass is 370 g/mol. The van der Waals surface area contributed by atoms with Gasteiger partial charge in [0.15, 0.2) is 11.5 Å². The first-order valence-corrected chi connectivity index (χ1v) is 9.11. The van der Waals surface area contributed by atoms with Crippen LogP contribution in [0.5, 0.6) is 17.2 Å². The first kappa shape index (κ1) is 20.1. The lowest BCUT2D eigenvalue weighted by molar-refractivity contribution is 0.0831. The summed E-state index contributed by atoms with van der Waals surface area (Å²) >= 11 is 0. The number of rotatable bonds is 6. The lowest BCUT2D eigenvalue weighted by Crippen LogP contribution is -2.42. The van der Waals surface area contributed by atoms with Gasteiger partial charge in [0.1, 0.15) is 6.10 Å². The van der Waals surface area contributed by atoms with Gasteiger partial charge < -0.3 is 24.4 Å². The van der Waals surface area contributed by atoms with Crippen LogP contribution in [-0.2, 0) is 0 Å². The SMILES string of the molecule is COc1cccc(OC)c1OC1CCN(CC2CCNCC2)CC1.Cl. The number of halogens is 1. The molecule has 0 amide bonds. The van der Waals surface area contributed by atoms with Crippen molar-refractivity contribution < 1.29 is 14.2 Å². The summed E-state index contributed by atoms with van der Waals surface area (Å²) in [4.78, 5) is 2.61. The Morgan fingerprint density at radius 3 is 2.16 bits per heavy atom. The van der Waals surface area contributed by atoms with Crippen LogP contribution in [0.15, 0.2) is 18.2 Å². The highest BCUT2D eigenvalue weighted by atomic mass is 35.5. The molecule has 0 atom stereocenters. The molecule has 0 spiro atoms. The van der Waals surface area contributed by atoms with Gasteiger partial charge in [0, 0.05) is 19.6 Å².